The molecule has 2 aliphatic heterocycles. The summed E-state index contributed by atoms with van der Waals surface area (Å²) in [6.45, 7) is 8.49. The molecular weight excluding hydrogens is 324 g/mol. The minimum atomic E-state index is -0.602. The van der Waals surface area contributed by atoms with E-state index in [0.717, 1.165) is 0 Å². The van der Waals surface area contributed by atoms with Crippen molar-refractivity contribution in [1.29, 1.82) is 0 Å². The van der Waals surface area contributed by atoms with Crippen molar-refractivity contribution < 1.29 is 24.4 Å². The quantitative estimate of drug-likeness (QED) is 0.528. The van der Waals surface area contributed by atoms with Gasteiger partial charge in [0.25, 0.3) is 0 Å². The van der Waals surface area contributed by atoms with Gasteiger partial charge in [-0.3, -0.25) is 0 Å². The zero-order valence-corrected chi connectivity index (χ0v) is 16.3. The smallest absolute Gasteiger partial charge is 0.173 e. The first-order valence-corrected chi connectivity index (χ1v) is 9.41. The van der Waals surface area contributed by atoms with Gasteiger partial charge in [0.05, 0.1) is 37.6 Å². The summed E-state index contributed by atoms with van der Waals surface area (Å²) >= 11 is 0. The van der Waals surface area contributed by atoms with Gasteiger partial charge in [0.15, 0.2) is 6.29 Å². The Morgan fingerprint density at radius 3 is 2.08 bits per heavy atom. The highest BCUT2D eigenvalue weighted by atomic mass is 16.7. The number of hydrogen-bond donors (Lipinski definition) is 4. The number of likely N-dealkylation sites (N-methyl/N-ethyl adjacent to an activating group) is 2. The summed E-state index contributed by atoms with van der Waals surface area (Å²) in [5.74, 6) is 0.596. The largest absolute Gasteiger partial charge is 0.394 e. The second-order valence-corrected chi connectivity index (χ2v) is 7.64. The summed E-state index contributed by atoms with van der Waals surface area (Å²) in [6, 6.07) is 0.139. The number of hydrogen-bond acceptors (Lipinski definition) is 7. The Bertz CT molecular complexity index is 413. The number of ether oxygens (including phenoxy) is 3. The standard InChI is InChI=1S/C18H36N2O5/c1-9-10(2)16(20-6)18(25-13(9)7-21)23-8-14-17(22)11(3)15(19-5)12(4)24-14/h9-22H,7-8H2,1-6H3. The number of aliphatic hydroxyl groups excluding tert-OH is 2. The lowest BCUT2D eigenvalue weighted by molar-refractivity contribution is -0.262. The van der Waals surface area contributed by atoms with E-state index >= 15 is 0 Å². The third kappa shape index (κ3) is 4.35. The van der Waals surface area contributed by atoms with Crippen LogP contribution >= 0.6 is 0 Å². The molecule has 25 heavy (non-hydrogen) atoms. The normalized spacial score (nSPS) is 48.5. The lowest BCUT2D eigenvalue weighted by Crippen LogP contribution is -2.60. The van der Waals surface area contributed by atoms with Crippen molar-refractivity contribution >= 4 is 0 Å². The number of rotatable bonds is 6. The third-order valence-electron chi connectivity index (χ3n) is 6.24. The Morgan fingerprint density at radius 2 is 1.52 bits per heavy atom. The minimum absolute atomic E-state index is 0.00601. The van der Waals surface area contributed by atoms with Crippen LogP contribution in [-0.2, 0) is 14.2 Å². The molecule has 0 bridgehead atoms. The maximum Gasteiger partial charge on any atom is 0.173 e. The van der Waals surface area contributed by atoms with Crippen LogP contribution in [0.1, 0.15) is 27.7 Å². The van der Waals surface area contributed by atoms with Gasteiger partial charge in [0.2, 0.25) is 0 Å². The molecule has 10 atom stereocenters. The minimum Gasteiger partial charge on any atom is -0.394 e. The van der Waals surface area contributed by atoms with Crippen molar-refractivity contribution in [2.75, 3.05) is 27.3 Å². The van der Waals surface area contributed by atoms with Crippen LogP contribution in [0.3, 0.4) is 0 Å². The summed E-state index contributed by atoms with van der Waals surface area (Å²) in [6.07, 6.45) is -1.72. The van der Waals surface area contributed by atoms with Crippen molar-refractivity contribution in [3.05, 3.63) is 0 Å². The lowest BCUT2D eigenvalue weighted by atomic mass is 9.82. The van der Waals surface area contributed by atoms with Gasteiger partial charge in [-0.05, 0) is 32.9 Å². The Morgan fingerprint density at radius 1 is 0.880 bits per heavy atom. The van der Waals surface area contributed by atoms with E-state index < -0.39 is 18.5 Å². The Hall–Kier alpha value is -0.280. The van der Waals surface area contributed by atoms with Gasteiger partial charge in [-0.1, -0.05) is 20.8 Å². The summed E-state index contributed by atoms with van der Waals surface area (Å²) in [7, 11) is 3.77. The van der Waals surface area contributed by atoms with Crippen LogP contribution < -0.4 is 10.6 Å². The summed E-state index contributed by atoms with van der Waals surface area (Å²) in [4.78, 5) is 0. The van der Waals surface area contributed by atoms with Crippen LogP contribution in [0.5, 0.6) is 0 Å². The van der Waals surface area contributed by atoms with Gasteiger partial charge in [-0.2, -0.15) is 0 Å². The molecule has 148 valence electrons. The maximum absolute atomic E-state index is 10.6. The first kappa shape index (κ1) is 21.0. The van der Waals surface area contributed by atoms with Gasteiger partial charge in [-0.15, -0.1) is 0 Å². The van der Waals surface area contributed by atoms with E-state index in [-0.39, 0.29) is 49.3 Å². The second-order valence-electron chi connectivity index (χ2n) is 7.64. The molecule has 2 aliphatic rings. The number of nitrogens with one attached hydrogen (secondary N) is 2. The molecule has 7 nitrogen and oxygen atoms in total. The molecule has 10 unspecified atom stereocenters. The molecular formula is C18H36N2O5. The predicted molar refractivity (Wildman–Crippen MR) is 95.2 cm³/mol. The highest BCUT2D eigenvalue weighted by Gasteiger charge is 2.44. The summed E-state index contributed by atoms with van der Waals surface area (Å²) in [5.41, 5.74) is 0. The molecule has 2 rings (SSSR count). The molecule has 0 saturated carbocycles. The van der Waals surface area contributed by atoms with Crippen LogP contribution in [0, 0.1) is 17.8 Å². The van der Waals surface area contributed by atoms with Crippen molar-refractivity contribution in [1.82, 2.24) is 10.6 Å². The molecule has 2 saturated heterocycles. The average molecular weight is 360 g/mol. The Balaban J connectivity index is 1.99. The fourth-order valence-corrected chi connectivity index (χ4v) is 4.29. The fraction of sp³-hybridized carbons (Fsp3) is 1.00. The SMILES string of the molecule is CNC1C(C)OC(COC2OC(CO)C(C)C(C)C2NC)C(O)C1C. The van der Waals surface area contributed by atoms with Crippen LogP contribution in [0.25, 0.3) is 0 Å². The van der Waals surface area contributed by atoms with E-state index in [0.29, 0.717) is 5.92 Å². The van der Waals surface area contributed by atoms with Crippen molar-refractivity contribution in [3.8, 4) is 0 Å². The maximum atomic E-state index is 10.6. The van der Waals surface area contributed by atoms with Crippen LogP contribution in [0.4, 0.5) is 0 Å². The van der Waals surface area contributed by atoms with Crippen LogP contribution in [0.2, 0.25) is 0 Å². The van der Waals surface area contributed by atoms with Gasteiger partial charge < -0.3 is 35.1 Å². The first-order chi connectivity index (χ1) is 11.8. The molecule has 0 aromatic rings. The van der Waals surface area contributed by atoms with Crippen molar-refractivity contribution in [2.24, 2.45) is 17.8 Å². The van der Waals surface area contributed by atoms with Gasteiger partial charge in [0, 0.05) is 12.0 Å². The van der Waals surface area contributed by atoms with E-state index in [4.69, 9.17) is 14.2 Å². The molecule has 0 aromatic carbocycles. The Kier molecular flexibility index (Phi) is 7.64. The van der Waals surface area contributed by atoms with E-state index in [1.165, 1.54) is 0 Å². The average Bonchev–Trinajstić information content (AvgIpc) is 2.60. The monoisotopic (exact) mass is 360 g/mol. The molecule has 0 amide bonds. The van der Waals surface area contributed by atoms with E-state index in [9.17, 15) is 10.2 Å². The fourth-order valence-electron chi connectivity index (χ4n) is 4.29. The molecule has 0 aromatic heterocycles. The Labute approximate surface area is 151 Å². The molecule has 0 spiro atoms. The van der Waals surface area contributed by atoms with Gasteiger partial charge in [-0.25, -0.2) is 0 Å². The highest BCUT2D eigenvalue weighted by molar-refractivity contribution is 4.93. The topological polar surface area (TPSA) is 92.2 Å². The highest BCUT2D eigenvalue weighted by Crippen LogP contribution is 2.32. The van der Waals surface area contributed by atoms with Gasteiger partial charge in [0.1, 0.15) is 6.10 Å². The molecule has 0 radical (unpaired) electrons. The van der Waals surface area contributed by atoms with Crippen LogP contribution in [0.15, 0.2) is 0 Å². The molecule has 2 fully saturated rings. The summed E-state index contributed by atoms with van der Waals surface area (Å²) in [5, 5.41) is 26.6. The molecule has 0 aliphatic carbocycles. The lowest BCUT2D eigenvalue weighted by Gasteiger charge is -2.46. The summed E-state index contributed by atoms with van der Waals surface area (Å²) < 4.78 is 17.9. The zero-order chi connectivity index (χ0) is 18.7. The zero-order valence-electron chi connectivity index (χ0n) is 16.3. The van der Waals surface area contributed by atoms with E-state index in [2.05, 4.69) is 24.5 Å². The van der Waals surface area contributed by atoms with Gasteiger partial charge >= 0.3 is 0 Å². The van der Waals surface area contributed by atoms with Crippen molar-refractivity contribution in [2.45, 2.75) is 70.5 Å². The van der Waals surface area contributed by atoms with E-state index in [1.807, 2.05) is 27.9 Å². The van der Waals surface area contributed by atoms with Crippen molar-refractivity contribution in [3.63, 3.8) is 0 Å². The molecule has 7 heteroatoms. The number of aliphatic hydroxyl groups is 2. The predicted octanol–water partition coefficient (Wildman–Crippen LogP) is -0.0473. The molecule has 2 heterocycles. The second kappa shape index (κ2) is 9.08. The molecule has 4 N–H and O–H groups in total. The van der Waals surface area contributed by atoms with Crippen LogP contribution in [-0.4, -0.2) is 80.3 Å². The third-order valence-corrected chi connectivity index (χ3v) is 6.24. The first-order valence-electron chi connectivity index (χ1n) is 9.41. The van der Waals surface area contributed by atoms with E-state index in [1.54, 1.807) is 0 Å².